The van der Waals surface area contributed by atoms with Crippen molar-refractivity contribution in [2.45, 2.75) is 31.5 Å². The maximum Gasteiger partial charge on any atom is 0.416 e. The second-order valence-electron chi connectivity index (χ2n) is 5.29. The number of amides is 1. The van der Waals surface area contributed by atoms with Crippen LogP contribution >= 0.6 is 12.4 Å². The molecule has 23 heavy (non-hydrogen) atoms. The van der Waals surface area contributed by atoms with Crippen LogP contribution in [0.15, 0.2) is 24.3 Å². The summed E-state index contributed by atoms with van der Waals surface area (Å²) in [4.78, 5) is 13.8. The average Bonchev–Trinajstić information content (AvgIpc) is 2.52. The normalized spacial score (nSPS) is 18.3. The van der Waals surface area contributed by atoms with Gasteiger partial charge in [-0.1, -0.05) is 6.07 Å². The first kappa shape index (κ1) is 19.6. The number of piperidine rings is 1. The summed E-state index contributed by atoms with van der Waals surface area (Å²) in [5, 5.41) is 0. The lowest BCUT2D eigenvalue weighted by atomic mass is 10.0. The van der Waals surface area contributed by atoms with E-state index in [4.69, 9.17) is 10.5 Å². The van der Waals surface area contributed by atoms with Crippen LogP contribution in [0.1, 0.15) is 24.8 Å². The lowest BCUT2D eigenvalue weighted by molar-refractivity contribution is -0.137. The van der Waals surface area contributed by atoms with Crippen LogP contribution in [-0.2, 0) is 11.0 Å². The molecule has 0 radical (unpaired) electrons. The molecule has 0 aliphatic carbocycles. The van der Waals surface area contributed by atoms with Crippen molar-refractivity contribution in [1.82, 2.24) is 4.90 Å². The molecule has 2 rings (SSSR count). The summed E-state index contributed by atoms with van der Waals surface area (Å²) < 4.78 is 43.0. The Kier molecular flexibility index (Phi) is 7.15. The second-order valence-corrected chi connectivity index (χ2v) is 5.29. The van der Waals surface area contributed by atoms with Crippen LogP contribution in [0, 0.1) is 0 Å². The number of ether oxygens (including phenoxy) is 1. The molecule has 1 saturated heterocycles. The first-order chi connectivity index (χ1) is 10.4. The summed E-state index contributed by atoms with van der Waals surface area (Å²) in [5.74, 6) is -0.211. The van der Waals surface area contributed by atoms with E-state index in [1.807, 2.05) is 0 Å². The monoisotopic (exact) mass is 352 g/mol. The van der Waals surface area contributed by atoms with Gasteiger partial charge in [0.2, 0.25) is 0 Å². The van der Waals surface area contributed by atoms with Crippen LogP contribution in [0.5, 0.6) is 5.75 Å². The fraction of sp³-hybridized carbons (Fsp3) is 0.533. The van der Waals surface area contributed by atoms with Crippen molar-refractivity contribution in [3.8, 4) is 5.75 Å². The molecule has 4 nitrogen and oxygen atoms in total. The lowest BCUT2D eigenvalue weighted by Crippen LogP contribution is -2.49. The van der Waals surface area contributed by atoms with E-state index in [1.165, 1.54) is 12.1 Å². The van der Waals surface area contributed by atoms with Crippen LogP contribution in [0.3, 0.4) is 0 Å². The molecule has 0 saturated carbocycles. The molecule has 130 valence electrons. The van der Waals surface area contributed by atoms with Crippen molar-refractivity contribution in [2.75, 3.05) is 19.7 Å². The molecule has 2 N–H and O–H groups in total. The third kappa shape index (κ3) is 5.28. The minimum Gasteiger partial charge on any atom is -0.484 e. The van der Waals surface area contributed by atoms with Gasteiger partial charge in [0.25, 0.3) is 5.91 Å². The van der Waals surface area contributed by atoms with Crippen molar-refractivity contribution in [3.05, 3.63) is 29.8 Å². The van der Waals surface area contributed by atoms with E-state index in [1.54, 1.807) is 4.90 Å². The van der Waals surface area contributed by atoms with Crippen molar-refractivity contribution in [2.24, 2.45) is 5.73 Å². The largest absolute Gasteiger partial charge is 0.484 e. The van der Waals surface area contributed by atoms with Crippen LogP contribution in [0.25, 0.3) is 0 Å². The van der Waals surface area contributed by atoms with Gasteiger partial charge in [-0.2, -0.15) is 13.2 Å². The second kappa shape index (κ2) is 8.40. The quantitative estimate of drug-likeness (QED) is 0.906. The summed E-state index contributed by atoms with van der Waals surface area (Å²) in [5.41, 5.74) is 4.85. The zero-order chi connectivity index (χ0) is 16.2. The minimum atomic E-state index is -4.43. The van der Waals surface area contributed by atoms with Crippen LogP contribution < -0.4 is 10.5 Å². The van der Waals surface area contributed by atoms with Gasteiger partial charge in [0, 0.05) is 19.1 Å². The van der Waals surface area contributed by atoms with E-state index in [-0.39, 0.29) is 36.7 Å². The highest BCUT2D eigenvalue weighted by molar-refractivity contribution is 5.85. The molecule has 1 aliphatic heterocycles. The van der Waals surface area contributed by atoms with Gasteiger partial charge in [0.1, 0.15) is 5.75 Å². The maximum absolute atomic E-state index is 12.6. The molecule has 1 aromatic rings. The van der Waals surface area contributed by atoms with Gasteiger partial charge in [0.05, 0.1) is 5.56 Å². The Labute approximate surface area is 139 Å². The molecule has 1 aliphatic rings. The predicted molar refractivity (Wildman–Crippen MR) is 82.6 cm³/mol. The molecule has 8 heteroatoms. The van der Waals surface area contributed by atoms with Gasteiger partial charge < -0.3 is 15.4 Å². The zero-order valence-electron chi connectivity index (χ0n) is 12.5. The van der Waals surface area contributed by atoms with Crippen molar-refractivity contribution >= 4 is 18.3 Å². The third-order valence-corrected chi connectivity index (χ3v) is 3.74. The van der Waals surface area contributed by atoms with E-state index >= 15 is 0 Å². The molecule has 1 atom stereocenters. The SMILES string of the molecule is Cl.NCC1CCCCN1C(=O)COc1cccc(C(F)(F)F)c1. The number of benzene rings is 1. The number of hydrogen-bond acceptors (Lipinski definition) is 3. The first-order valence-electron chi connectivity index (χ1n) is 7.21. The molecule has 0 spiro atoms. The third-order valence-electron chi connectivity index (χ3n) is 3.74. The van der Waals surface area contributed by atoms with Gasteiger partial charge in [-0.05, 0) is 37.5 Å². The zero-order valence-corrected chi connectivity index (χ0v) is 13.3. The van der Waals surface area contributed by atoms with Gasteiger partial charge >= 0.3 is 6.18 Å². The number of rotatable bonds is 4. The highest BCUT2D eigenvalue weighted by atomic mass is 35.5. The van der Waals surface area contributed by atoms with E-state index in [0.29, 0.717) is 13.1 Å². The van der Waals surface area contributed by atoms with Gasteiger partial charge in [-0.3, -0.25) is 4.79 Å². The predicted octanol–water partition coefficient (Wildman–Crippen LogP) is 2.85. The summed E-state index contributed by atoms with van der Waals surface area (Å²) in [6.45, 7) is 0.722. The summed E-state index contributed by atoms with van der Waals surface area (Å²) in [6, 6.07) is 4.50. The number of nitrogens with zero attached hydrogens (tertiary/aromatic N) is 1. The average molecular weight is 353 g/mol. The first-order valence-corrected chi connectivity index (χ1v) is 7.21. The Morgan fingerprint density at radius 1 is 1.35 bits per heavy atom. The molecule has 0 bridgehead atoms. The fourth-order valence-corrected chi connectivity index (χ4v) is 2.56. The Balaban J connectivity index is 0.00000264. The van der Waals surface area contributed by atoms with E-state index < -0.39 is 11.7 Å². The van der Waals surface area contributed by atoms with E-state index in [0.717, 1.165) is 31.4 Å². The fourth-order valence-electron chi connectivity index (χ4n) is 2.56. The Bertz CT molecular complexity index is 526. The minimum absolute atomic E-state index is 0. The standard InChI is InChI=1S/C15H19F3N2O2.ClH/c16-15(17,18)11-4-3-6-13(8-11)22-10-14(21)20-7-2-1-5-12(20)9-19;/h3-4,6,8,12H,1-2,5,7,9-10,19H2;1H. The lowest BCUT2D eigenvalue weighted by Gasteiger charge is -2.34. The van der Waals surface area contributed by atoms with Crippen molar-refractivity contribution in [1.29, 1.82) is 0 Å². The van der Waals surface area contributed by atoms with Crippen molar-refractivity contribution < 1.29 is 22.7 Å². The number of nitrogens with two attached hydrogens (primary N) is 1. The molecule has 1 amide bonds. The Morgan fingerprint density at radius 3 is 2.74 bits per heavy atom. The number of carbonyl (C=O) groups is 1. The number of likely N-dealkylation sites (tertiary alicyclic amines) is 1. The molecular weight excluding hydrogens is 333 g/mol. The topological polar surface area (TPSA) is 55.6 Å². The van der Waals surface area contributed by atoms with Crippen LogP contribution in [-0.4, -0.2) is 36.5 Å². The van der Waals surface area contributed by atoms with Gasteiger partial charge in [-0.15, -0.1) is 12.4 Å². The Hall–Kier alpha value is -1.47. The smallest absolute Gasteiger partial charge is 0.416 e. The van der Waals surface area contributed by atoms with E-state index in [2.05, 4.69) is 0 Å². The number of carbonyl (C=O) groups excluding carboxylic acids is 1. The number of hydrogen-bond donors (Lipinski definition) is 1. The molecular formula is C15H20ClF3N2O2. The number of alkyl halides is 3. The summed E-state index contributed by atoms with van der Waals surface area (Å²) in [6.07, 6.45) is -1.64. The number of halogens is 4. The Morgan fingerprint density at radius 2 is 2.09 bits per heavy atom. The van der Waals surface area contributed by atoms with E-state index in [9.17, 15) is 18.0 Å². The highest BCUT2D eigenvalue weighted by Crippen LogP contribution is 2.31. The van der Waals surface area contributed by atoms with Gasteiger partial charge in [0.15, 0.2) is 6.61 Å². The van der Waals surface area contributed by atoms with Crippen molar-refractivity contribution in [3.63, 3.8) is 0 Å². The van der Waals surface area contributed by atoms with Crippen LogP contribution in [0.2, 0.25) is 0 Å². The highest BCUT2D eigenvalue weighted by Gasteiger charge is 2.31. The summed E-state index contributed by atoms with van der Waals surface area (Å²) in [7, 11) is 0. The van der Waals surface area contributed by atoms with Crippen LogP contribution in [0.4, 0.5) is 13.2 Å². The molecule has 0 aromatic heterocycles. The van der Waals surface area contributed by atoms with Gasteiger partial charge in [-0.25, -0.2) is 0 Å². The summed E-state index contributed by atoms with van der Waals surface area (Å²) >= 11 is 0. The molecule has 1 heterocycles. The molecule has 1 unspecified atom stereocenters. The molecule has 1 aromatic carbocycles. The maximum atomic E-state index is 12.6. The molecule has 1 fully saturated rings.